The summed E-state index contributed by atoms with van der Waals surface area (Å²) >= 11 is 0. The van der Waals surface area contributed by atoms with Crippen LogP contribution in [-0.4, -0.2) is 49.3 Å². The number of rotatable bonds is 0. The highest BCUT2D eigenvalue weighted by Crippen LogP contribution is 2.37. The maximum atomic E-state index is 10.0. The zero-order valence-electron chi connectivity index (χ0n) is 8.42. The molecule has 0 aromatic rings. The van der Waals surface area contributed by atoms with Crippen LogP contribution in [0.15, 0.2) is 0 Å². The molecule has 0 aromatic carbocycles. The van der Waals surface area contributed by atoms with E-state index in [1.807, 2.05) is 0 Å². The van der Waals surface area contributed by atoms with Crippen molar-refractivity contribution in [1.82, 2.24) is 10.2 Å². The Balaban J connectivity index is 2.01. The third-order valence-electron chi connectivity index (χ3n) is 3.76. The van der Waals surface area contributed by atoms with Crippen molar-refractivity contribution in [3.63, 3.8) is 0 Å². The quantitative estimate of drug-likeness (QED) is 0.558. The van der Waals surface area contributed by atoms with Gasteiger partial charge in [-0.25, -0.2) is 0 Å². The Morgan fingerprint density at radius 2 is 2.08 bits per heavy atom. The Morgan fingerprint density at radius 3 is 2.69 bits per heavy atom. The summed E-state index contributed by atoms with van der Waals surface area (Å²) < 4.78 is 0. The highest BCUT2D eigenvalue weighted by Gasteiger charge is 2.41. The normalized spacial score (nSPS) is 35.1. The van der Waals surface area contributed by atoms with Crippen molar-refractivity contribution in [1.29, 1.82) is 0 Å². The van der Waals surface area contributed by atoms with Crippen molar-refractivity contribution in [3.05, 3.63) is 0 Å². The number of nitrogens with one attached hydrogen (secondary N) is 1. The summed E-state index contributed by atoms with van der Waals surface area (Å²) in [5, 5.41) is 13.4. The molecule has 2 rings (SSSR count). The van der Waals surface area contributed by atoms with Gasteiger partial charge in [0.2, 0.25) is 0 Å². The van der Waals surface area contributed by atoms with Crippen molar-refractivity contribution in [2.75, 3.05) is 33.2 Å². The summed E-state index contributed by atoms with van der Waals surface area (Å²) in [6, 6.07) is 0. The zero-order chi connectivity index (χ0) is 9.31. The maximum absolute atomic E-state index is 10.0. The van der Waals surface area contributed by atoms with Gasteiger partial charge in [0.05, 0.1) is 6.10 Å². The molecule has 76 valence electrons. The number of piperidine rings is 2. The van der Waals surface area contributed by atoms with E-state index in [9.17, 15) is 5.11 Å². The fourth-order valence-corrected chi connectivity index (χ4v) is 2.57. The Bertz CT molecular complexity index is 176. The van der Waals surface area contributed by atoms with Gasteiger partial charge in [0, 0.05) is 12.0 Å². The molecule has 2 heterocycles. The standard InChI is InChI=1S/C10H20N2O/c1-12-6-3-10(4-7-12)8-11-5-2-9(10)13/h9,11,13H,2-8H2,1H3. The van der Waals surface area contributed by atoms with Gasteiger partial charge in [-0.2, -0.15) is 0 Å². The van der Waals surface area contributed by atoms with E-state index < -0.39 is 0 Å². The highest BCUT2D eigenvalue weighted by molar-refractivity contribution is 4.95. The molecule has 2 saturated heterocycles. The fraction of sp³-hybridized carbons (Fsp3) is 1.00. The van der Waals surface area contributed by atoms with Crippen molar-refractivity contribution >= 4 is 0 Å². The molecule has 3 heteroatoms. The minimum Gasteiger partial charge on any atom is -0.392 e. The van der Waals surface area contributed by atoms with Gasteiger partial charge >= 0.3 is 0 Å². The van der Waals surface area contributed by atoms with Crippen LogP contribution in [0.5, 0.6) is 0 Å². The van der Waals surface area contributed by atoms with Crippen LogP contribution < -0.4 is 5.32 Å². The number of aliphatic hydroxyl groups excluding tert-OH is 1. The topological polar surface area (TPSA) is 35.5 Å². The van der Waals surface area contributed by atoms with Crippen LogP contribution in [0.1, 0.15) is 19.3 Å². The van der Waals surface area contributed by atoms with Crippen LogP contribution in [0, 0.1) is 5.41 Å². The Morgan fingerprint density at radius 1 is 1.38 bits per heavy atom. The van der Waals surface area contributed by atoms with E-state index in [0.717, 1.165) is 45.4 Å². The van der Waals surface area contributed by atoms with Gasteiger partial charge in [0.1, 0.15) is 0 Å². The second-order valence-corrected chi connectivity index (χ2v) is 4.65. The molecule has 13 heavy (non-hydrogen) atoms. The Hall–Kier alpha value is -0.120. The molecule has 0 amide bonds. The summed E-state index contributed by atoms with van der Waals surface area (Å²) in [5.41, 5.74) is 0.199. The smallest absolute Gasteiger partial charge is 0.0621 e. The van der Waals surface area contributed by atoms with E-state index >= 15 is 0 Å². The van der Waals surface area contributed by atoms with E-state index in [-0.39, 0.29) is 11.5 Å². The molecular formula is C10H20N2O. The van der Waals surface area contributed by atoms with Crippen LogP contribution in [-0.2, 0) is 0 Å². The minimum atomic E-state index is -0.0672. The van der Waals surface area contributed by atoms with Gasteiger partial charge in [0.15, 0.2) is 0 Å². The van der Waals surface area contributed by atoms with E-state index in [2.05, 4.69) is 17.3 Å². The lowest BCUT2D eigenvalue weighted by Crippen LogP contribution is -2.54. The van der Waals surface area contributed by atoms with Gasteiger partial charge in [-0.05, 0) is 45.9 Å². The first-order valence-electron chi connectivity index (χ1n) is 5.30. The molecule has 2 fully saturated rings. The maximum Gasteiger partial charge on any atom is 0.0621 e. The molecule has 0 aromatic heterocycles. The van der Waals surface area contributed by atoms with Gasteiger partial charge in [-0.15, -0.1) is 0 Å². The molecule has 3 nitrogen and oxygen atoms in total. The lowest BCUT2D eigenvalue weighted by molar-refractivity contribution is -0.0385. The second-order valence-electron chi connectivity index (χ2n) is 4.65. The van der Waals surface area contributed by atoms with E-state index in [4.69, 9.17) is 0 Å². The van der Waals surface area contributed by atoms with Gasteiger partial charge in [-0.3, -0.25) is 0 Å². The van der Waals surface area contributed by atoms with E-state index in [1.165, 1.54) is 0 Å². The molecule has 2 aliphatic rings. The lowest BCUT2D eigenvalue weighted by Gasteiger charge is -2.46. The van der Waals surface area contributed by atoms with Gasteiger partial charge in [0.25, 0.3) is 0 Å². The highest BCUT2D eigenvalue weighted by atomic mass is 16.3. The summed E-state index contributed by atoms with van der Waals surface area (Å²) in [6.07, 6.45) is 3.17. The summed E-state index contributed by atoms with van der Waals surface area (Å²) in [6.45, 7) is 4.28. The minimum absolute atomic E-state index is 0.0672. The summed E-state index contributed by atoms with van der Waals surface area (Å²) in [7, 11) is 2.16. The molecule has 0 aliphatic carbocycles. The zero-order valence-corrected chi connectivity index (χ0v) is 8.42. The largest absolute Gasteiger partial charge is 0.392 e. The molecule has 2 N–H and O–H groups in total. The van der Waals surface area contributed by atoms with Crippen LogP contribution in [0.3, 0.4) is 0 Å². The average molecular weight is 184 g/mol. The van der Waals surface area contributed by atoms with Crippen molar-refractivity contribution in [2.24, 2.45) is 5.41 Å². The van der Waals surface area contributed by atoms with Crippen molar-refractivity contribution in [3.8, 4) is 0 Å². The van der Waals surface area contributed by atoms with Crippen LogP contribution in [0.2, 0.25) is 0 Å². The van der Waals surface area contributed by atoms with E-state index in [0.29, 0.717) is 0 Å². The predicted octanol–water partition coefficient (Wildman–Crippen LogP) is 0.0526. The molecule has 0 radical (unpaired) electrons. The van der Waals surface area contributed by atoms with Crippen LogP contribution >= 0.6 is 0 Å². The number of hydrogen-bond donors (Lipinski definition) is 2. The average Bonchev–Trinajstić information content (AvgIpc) is 2.15. The monoisotopic (exact) mass is 184 g/mol. The molecule has 0 bridgehead atoms. The first-order chi connectivity index (χ1) is 6.23. The molecular weight excluding hydrogens is 164 g/mol. The van der Waals surface area contributed by atoms with Crippen LogP contribution in [0.25, 0.3) is 0 Å². The number of likely N-dealkylation sites (tertiary alicyclic amines) is 1. The second kappa shape index (κ2) is 3.56. The molecule has 1 spiro atoms. The first kappa shape index (κ1) is 9.44. The van der Waals surface area contributed by atoms with E-state index in [1.54, 1.807) is 0 Å². The number of nitrogens with zero attached hydrogens (tertiary/aromatic N) is 1. The van der Waals surface area contributed by atoms with Gasteiger partial charge in [-0.1, -0.05) is 0 Å². The number of aliphatic hydroxyl groups is 1. The SMILES string of the molecule is CN1CCC2(CC1)CNCCC2O. The summed E-state index contributed by atoms with van der Waals surface area (Å²) in [4.78, 5) is 2.35. The third kappa shape index (κ3) is 1.73. The molecule has 1 atom stereocenters. The van der Waals surface area contributed by atoms with Crippen LogP contribution in [0.4, 0.5) is 0 Å². The van der Waals surface area contributed by atoms with Gasteiger partial charge < -0.3 is 15.3 Å². The number of hydrogen-bond acceptors (Lipinski definition) is 3. The predicted molar refractivity (Wildman–Crippen MR) is 52.7 cm³/mol. The fourth-order valence-electron chi connectivity index (χ4n) is 2.57. The first-order valence-corrected chi connectivity index (χ1v) is 5.30. The molecule has 2 aliphatic heterocycles. The Kier molecular flexibility index (Phi) is 2.58. The van der Waals surface area contributed by atoms with Crippen molar-refractivity contribution < 1.29 is 5.11 Å². The molecule has 0 saturated carbocycles. The molecule has 1 unspecified atom stereocenters. The Labute approximate surface area is 80.1 Å². The summed E-state index contributed by atoms with van der Waals surface area (Å²) in [5.74, 6) is 0. The van der Waals surface area contributed by atoms with Crippen molar-refractivity contribution in [2.45, 2.75) is 25.4 Å². The lowest BCUT2D eigenvalue weighted by atomic mass is 9.71. The third-order valence-corrected chi connectivity index (χ3v) is 3.76.